The first-order chi connectivity index (χ1) is 15.7. The molecule has 0 saturated heterocycles. The van der Waals surface area contributed by atoms with Crippen molar-refractivity contribution in [2.24, 2.45) is 0 Å². The van der Waals surface area contributed by atoms with Gasteiger partial charge in [-0.1, -0.05) is 48.5 Å². The molecule has 1 heterocycles. The Morgan fingerprint density at radius 1 is 0.939 bits per heavy atom. The Kier molecular flexibility index (Phi) is 6.54. The third-order valence-electron chi connectivity index (χ3n) is 6.10. The molecule has 3 aromatic carbocycles. The van der Waals surface area contributed by atoms with Gasteiger partial charge in [0.2, 0.25) is 0 Å². The molecule has 0 aromatic heterocycles. The number of anilines is 1. The molecule has 6 nitrogen and oxygen atoms in total. The van der Waals surface area contributed by atoms with Crippen LogP contribution < -0.4 is 10.0 Å². The molecule has 0 atom stereocenters. The molecule has 0 unspecified atom stereocenters. The van der Waals surface area contributed by atoms with Crippen LogP contribution in [0.4, 0.5) is 5.69 Å². The predicted molar refractivity (Wildman–Crippen MR) is 131 cm³/mol. The van der Waals surface area contributed by atoms with Crippen molar-refractivity contribution in [1.29, 1.82) is 0 Å². The van der Waals surface area contributed by atoms with E-state index in [4.69, 9.17) is 0 Å². The van der Waals surface area contributed by atoms with Crippen LogP contribution in [0.1, 0.15) is 35.3 Å². The minimum Gasteiger partial charge on any atom is -0.350 e. The molecule has 7 heteroatoms. The Morgan fingerprint density at radius 3 is 2.39 bits per heavy atom. The lowest BCUT2D eigenvalue weighted by molar-refractivity contribution is 0.0826. The summed E-state index contributed by atoms with van der Waals surface area (Å²) < 4.78 is 27.7. The van der Waals surface area contributed by atoms with Crippen LogP contribution in [0.3, 0.4) is 0 Å². The van der Waals surface area contributed by atoms with E-state index in [1.165, 1.54) is 23.3 Å². The van der Waals surface area contributed by atoms with Gasteiger partial charge in [0.15, 0.2) is 0 Å². The number of rotatable bonds is 7. The molecule has 0 spiro atoms. The predicted octanol–water partition coefficient (Wildman–Crippen LogP) is 4.05. The van der Waals surface area contributed by atoms with Crippen molar-refractivity contribution in [2.45, 2.75) is 37.2 Å². The van der Waals surface area contributed by atoms with Crippen LogP contribution in [0, 0.1) is 0 Å². The zero-order valence-corrected chi connectivity index (χ0v) is 19.7. The van der Waals surface area contributed by atoms with Gasteiger partial charge in [0.1, 0.15) is 0 Å². The van der Waals surface area contributed by atoms with E-state index >= 15 is 0 Å². The Labute approximate surface area is 195 Å². The fourth-order valence-corrected chi connectivity index (χ4v) is 5.13. The summed E-state index contributed by atoms with van der Waals surface area (Å²) in [6, 6.07) is 23.2. The van der Waals surface area contributed by atoms with E-state index in [0.717, 1.165) is 19.5 Å². The lowest BCUT2D eigenvalue weighted by atomic mass is 9.94. The van der Waals surface area contributed by atoms with Crippen molar-refractivity contribution >= 4 is 21.6 Å². The van der Waals surface area contributed by atoms with E-state index in [1.807, 2.05) is 0 Å². The molecule has 4 rings (SSSR count). The highest BCUT2D eigenvalue weighted by atomic mass is 32.2. The summed E-state index contributed by atoms with van der Waals surface area (Å²) in [5, 5.41) is 3.02. The van der Waals surface area contributed by atoms with Crippen LogP contribution in [0.2, 0.25) is 0 Å². The zero-order chi connectivity index (χ0) is 23.5. The van der Waals surface area contributed by atoms with Crippen LogP contribution in [0.25, 0.3) is 0 Å². The molecular weight excluding hydrogens is 434 g/mol. The highest BCUT2D eigenvalue weighted by Gasteiger charge is 2.30. The first-order valence-electron chi connectivity index (χ1n) is 11.0. The molecule has 2 N–H and O–H groups in total. The topological polar surface area (TPSA) is 78.5 Å². The number of hydrogen-bond acceptors (Lipinski definition) is 4. The molecule has 0 radical (unpaired) electrons. The summed E-state index contributed by atoms with van der Waals surface area (Å²) >= 11 is 0. The van der Waals surface area contributed by atoms with Gasteiger partial charge in [-0.2, -0.15) is 0 Å². The van der Waals surface area contributed by atoms with E-state index in [-0.39, 0.29) is 16.3 Å². The zero-order valence-electron chi connectivity index (χ0n) is 18.9. The van der Waals surface area contributed by atoms with Crippen molar-refractivity contribution in [3.05, 3.63) is 95.6 Å². The molecule has 0 saturated carbocycles. The molecule has 3 aromatic rings. The van der Waals surface area contributed by atoms with Crippen molar-refractivity contribution in [2.75, 3.05) is 17.8 Å². The van der Waals surface area contributed by atoms with Crippen LogP contribution in [-0.2, 0) is 23.0 Å². The molecule has 1 aliphatic heterocycles. The Bertz CT molecular complexity index is 1240. The average molecular weight is 464 g/mol. The first kappa shape index (κ1) is 23.0. The summed E-state index contributed by atoms with van der Waals surface area (Å²) in [6.07, 6.45) is 0.997. The van der Waals surface area contributed by atoms with Gasteiger partial charge >= 0.3 is 0 Å². The van der Waals surface area contributed by atoms with Gasteiger partial charge in [0, 0.05) is 36.4 Å². The van der Waals surface area contributed by atoms with Crippen LogP contribution >= 0.6 is 0 Å². The highest BCUT2D eigenvalue weighted by Crippen LogP contribution is 2.25. The summed E-state index contributed by atoms with van der Waals surface area (Å²) in [7, 11) is -3.72. The second-order valence-corrected chi connectivity index (χ2v) is 10.6. The van der Waals surface area contributed by atoms with Gasteiger partial charge in [-0.15, -0.1) is 0 Å². The largest absolute Gasteiger partial charge is 0.350 e. The van der Waals surface area contributed by atoms with Crippen molar-refractivity contribution < 1.29 is 13.2 Å². The third-order valence-corrected chi connectivity index (χ3v) is 7.50. The second-order valence-electron chi connectivity index (χ2n) is 8.93. The quantitative estimate of drug-likeness (QED) is 0.554. The number of nitrogens with zero attached hydrogens (tertiary/aromatic N) is 1. The summed E-state index contributed by atoms with van der Waals surface area (Å²) in [6.45, 7) is 6.54. The Morgan fingerprint density at radius 2 is 1.64 bits per heavy atom. The van der Waals surface area contributed by atoms with Crippen molar-refractivity contribution in [3.63, 3.8) is 0 Å². The number of sulfonamides is 1. The Balaban J connectivity index is 1.40. The molecule has 0 aliphatic carbocycles. The lowest BCUT2D eigenvalue weighted by Crippen LogP contribution is -2.53. The number of nitrogens with one attached hydrogen (secondary N) is 2. The smallest absolute Gasteiger partial charge is 0.261 e. The van der Waals surface area contributed by atoms with E-state index in [9.17, 15) is 13.2 Å². The molecule has 0 bridgehead atoms. The van der Waals surface area contributed by atoms with E-state index in [0.29, 0.717) is 17.8 Å². The van der Waals surface area contributed by atoms with Gasteiger partial charge in [-0.3, -0.25) is 14.4 Å². The van der Waals surface area contributed by atoms with Crippen LogP contribution in [0.15, 0.2) is 83.8 Å². The number of amides is 1. The minimum absolute atomic E-state index is 0.171. The van der Waals surface area contributed by atoms with Gasteiger partial charge < -0.3 is 5.32 Å². The SMILES string of the molecule is CC(C)(CNC(=O)c1cccc(NS(=O)(=O)c2ccccc2)c1)N1CCc2ccccc2C1. The maximum atomic E-state index is 12.9. The second kappa shape index (κ2) is 9.37. The lowest BCUT2D eigenvalue weighted by Gasteiger charge is -2.41. The number of benzene rings is 3. The normalized spacial score (nSPS) is 14.4. The van der Waals surface area contributed by atoms with Crippen LogP contribution in [-0.4, -0.2) is 37.9 Å². The summed E-state index contributed by atoms with van der Waals surface area (Å²) in [4.78, 5) is 15.4. The van der Waals surface area contributed by atoms with Crippen LogP contribution in [0.5, 0.6) is 0 Å². The molecule has 0 fully saturated rings. The van der Waals surface area contributed by atoms with E-state index in [2.05, 4.69) is 53.1 Å². The molecule has 1 aliphatic rings. The van der Waals surface area contributed by atoms with Crippen molar-refractivity contribution in [3.8, 4) is 0 Å². The maximum absolute atomic E-state index is 12.9. The monoisotopic (exact) mass is 463 g/mol. The van der Waals surface area contributed by atoms with E-state index in [1.54, 1.807) is 42.5 Å². The van der Waals surface area contributed by atoms with Gasteiger partial charge in [0.05, 0.1) is 4.90 Å². The fourth-order valence-electron chi connectivity index (χ4n) is 4.06. The number of carbonyl (C=O) groups is 1. The molecule has 1 amide bonds. The minimum atomic E-state index is -3.72. The van der Waals surface area contributed by atoms with E-state index < -0.39 is 10.0 Å². The molecule has 172 valence electrons. The third kappa shape index (κ3) is 5.43. The van der Waals surface area contributed by atoms with Gasteiger partial charge in [-0.05, 0) is 61.7 Å². The average Bonchev–Trinajstić information content (AvgIpc) is 2.82. The highest BCUT2D eigenvalue weighted by molar-refractivity contribution is 7.92. The first-order valence-corrected chi connectivity index (χ1v) is 12.5. The number of hydrogen-bond donors (Lipinski definition) is 2. The fraction of sp³-hybridized carbons (Fsp3) is 0.269. The summed E-state index contributed by atoms with van der Waals surface area (Å²) in [5.74, 6) is -0.235. The van der Waals surface area contributed by atoms with Gasteiger partial charge in [0.25, 0.3) is 15.9 Å². The van der Waals surface area contributed by atoms with Crippen molar-refractivity contribution in [1.82, 2.24) is 10.2 Å². The summed E-state index contributed by atoms with van der Waals surface area (Å²) in [5.41, 5.74) is 3.25. The standard InChI is InChI=1S/C26H29N3O3S/c1-26(2,29-16-15-20-9-6-7-10-22(20)18-29)19-27-25(30)21-11-8-12-23(17-21)28-33(31,32)24-13-4-3-5-14-24/h3-14,17,28H,15-16,18-19H2,1-2H3,(H,27,30). The van der Waals surface area contributed by atoms with Gasteiger partial charge in [-0.25, -0.2) is 8.42 Å². The maximum Gasteiger partial charge on any atom is 0.261 e. The number of fused-ring (bicyclic) bond motifs is 1. The Hall–Kier alpha value is -3.16. The number of carbonyl (C=O) groups excluding carboxylic acids is 1. The molecular formula is C26H29N3O3S. The molecule has 33 heavy (non-hydrogen) atoms.